The number of nitrogens with zero attached hydrogens (tertiary/aromatic N) is 1. The largest absolute Gasteiger partial charge is 0.314 e. The van der Waals surface area contributed by atoms with Crippen molar-refractivity contribution in [1.29, 1.82) is 0 Å². The average Bonchev–Trinajstić information content (AvgIpc) is 2.38. The number of hydrogen-bond acceptors (Lipinski definition) is 2. The zero-order valence-electron chi connectivity index (χ0n) is 10.8. The van der Waals surface area contributed by atoms with Crippen molar-refractivity contribution >= 4 is 11.6 Å². The van der Waals surface area contributed by atoms with Gasteiger partial charge in [-0.3, -0.25) is 4.79 Å². The molecule has 2 atom stereocenters. The number of amides is 1. The summed E-state index contributed by atoms with van der Waals surface area (Å²) in [6.07, 6.45) is 1.98. The normalized spacial score (nSPS) is 23.7. The maximum Gasteiger partial charge on any atom is 0.243 e. The van der Waals surface area contributed by atoms with Gasteiger partial charge in [0.1, 0.15) is 5.82 Å². The summed E-state index contributed by atoms with van der Waals surface area (Å²) < 4.78 is 12.8. The highest BCUT2D eigenvalue weighted by atomic mass is 19.1. The first-order valence-corrected chi connectivity index (χ1v) is 6.34. The minimum absolute atomic E-state index is 0.0492. The highest BCUT2D eigenvalue weighted by Crippen LogP contribution is 2.19. The molecule has 1 aliphatic heterocycles. The number of carbonyl (C=O) groups excluding carboxylic acids is 1. The molecular formula is C14H19FN2O. The Hall–Kier alpha value is -1.42. The number of piperidine rings is 1. The third kappa shape index (κ3) is 2.88. The molecule has 0 spiro atoms. The number of rotatable bonds is 2. The van der Waals surface area contributed by atoms with E-state index in [1.807, 2.05) is 0 Å². The SMILES string of the molecule is CC1CCNC(C(=O)N(C)c2ccc(F)cc2)C1. The number of anilines is 1. The first-order valence-electron chi connectivity index (χ1n) is 6.34. The van der Waals surface area contributed by atoms with Crippen molar-refractivity contribution in [3.63, 3.8) is 0 Å². The Morgan fingerprint density at radius 3 is 2.67 bits per heavy atom. The first-order chi connectivity index (χ1) is 8.58. The molecule has 1 saturated heterocycles. The molecule has 0 aliphatic carbocycles. The van der Waals surface area contributed by atoms with Crippen molar-refractivity contribution in [2.75, 3.05) is 18.5 Å². The Morgan fingerprint density at radius 1 is 1.39 bits per heavy atom. The van der Waals surface area contributed by atoms with E-state index in [-0.39, 0.29) is 17.8 Å². The van der Waals surface area contributed by atoms with Gasteiger partial charge in [0.15, 0.2) is 0 Å². The smallest absolute Gasteiger partial charge is 0.243 e. The van der Waals surface area contributed by atoms with E-state index in [0.29, 0.717) is 5.92 Å². The van der Waals surface area contributed by atoms with E-state index in [0.717, 1.165) is 25.1 Å². The van der Waals surface area contributed by atoms with Crippen LogP contribution < -0.4 is 10.2 Å². The monoisotopic (exact) mass is 250 g/mol. The lowest BCUT2D eigenvalue weighted by molar-refractivity contribution is -0.121. The molecule has 2 unspecified atom stereocenters. The van der Waals surface area contributed by atoms with E-state index < -0.39 is 0 Å². The van der Waals surface area contributed by atoms with Gasteiger partial charge in [0, 0.05) is 12.7 Å². The van der Waals surface area contributed by atoms with E-state index in [1.54, 1.807) is 24.1 Å². The Kier molecular flexibility index (Phi) is 3.97. The molecule has 0 saturated carbocycles. The molecule has 98 valence electrons. The Bertz CT molecular complexity index is 418. The fourth-order valence-electron chi connectivity index (χ4n) is 2.32. The lowest BCUT2D eigenvalue weighted by atomic mass is 9.93. The van der Waals surface area contributed by atoms with Gasteiger partial charge in [-0.05, 0) is 49.6 Å². The summed E-state index contributed by atoms with van der Waals surface area (Å²) in [5.41, 5.74) is 0.724. The summed E-state index contributed by atoms with van der Waals surface area (Å²) in [4.78, 5) is 13.9. The van der Waals surface area contributed by atoms with Gasteiger partial charge in [-0.1, -0.05) is 6.92 Å². The summed E-state index contributed by atoms with van der Waals surface area (Å²) >= 11 is 0. The topological polar surface area (TPSA) is 32.3 Å². The summed E-state index contributed by atoms with van der Waals surface area (Å²) in [6.45, 7) is 3.05. The van der Waals surface area contributed by atoms with Gasteiger partial charge >= 0.3 is 0 Å². The standard InChI is InChI=1S/C14H19FN2O/c1-10-7-8-16-13(9-10)14(18)17(2)12-5-3-11(15)4-6-12/h3-6,10,13,16H,7-9H2,1-2H3. The molecule has 1 aromatic rings. The van der Waals surface area contributed by atoms with Crippen LogP contribution in [0.25, 0.3) is 0 Å². The predicted molar refractivity (Wildman–Crippen MR) is 70.0 cm³/mol. The van der Waals surface area contributed by atoms with Crippen LogP contribution in [-0.4, -0.2) is 25.5 Å². The van der Waals surface area contributed by atoms with Crippen LogP contribution in [0.2, 0.25) is 0 Å². The lowest BCUT2D eigenvalue weighted by Gasteiger charge is -2.30. The molecule has 2 rings (SSSR count). The molecule has 1 aromatic carbocycles. The minimum Gasteiger partial charge on any atom is -0.314 e. The van der Waals surface area contributed by atoms with E-state index in [2.05, 4.69) is 12.2 Å². The maximum absolute atomic E-state index is 12.8. The summed E-state index contributed by atoms with van der Waals surface area (Å²) in [5.74, 6) is 0.332. The molecule has 1 N–H and O–H groups in total. The predicted octanol–water partition coefficient (Wildman–Crippen LogP) is 2.18. The van der Waals surface area contributed by atoms with Gasteiger partial charge in [-0.25, -0.2) is 4.39 Å². The fraction of sp³-hybridized carbons (Fsp3) is 0.500. The number of carbonyl (C=O) groups is 1. The van der Waals surface area contributed by atoms with E-state index >= 15 is 0 Å². The van der Waals surface area contributed by atoms with E-state index in [1.165, 1.54) is 12.1 Å². The molecule has 1 aliphatic rings. The highest BCUT2D eigenvalue weighted by Gasteiger charge is 2.27. The number of hydrogen-bond donors (Lipinski definition) is 1. The first kappa shape index (κ1) is 13.0. The third-order valence-corrected chi connectivity index (χ3v) is 3.51. The quantitative estimate of drug-likeness (QED) is 0.872. The maximum atomic E-state index is 12.8. The zero-order valence-corrected chi connectivity index (χ0v) is 10.8. The number of benzene rings is 1. The third-order valence-electron chi connectivity index (χ3n) is 3.51. The molecule has 4 heteroatoms. The Labute approximate surface area is 107 Å². The fourth-order valence-corrected chi connectivity index (χ4v) is 2.32. The van der Waals surface area contributed by atoms with Gasteiger partial charge in [0.25, 0.3) is 0 Å². The second-order valence-electron chi connectivity index (χ2n) is 5.01. The van der Waals surface area contributed by atoms with Crippen molar-refractivity contribution in [2.45, 2.75) is 25.8 Å². The van der Waals surface area contributed by atoms with Crippen LogP contribution in [0, 0.1) is 11.7 Å². The molecule has 3 nitrogen and oxygen atoms in total. The van der Waals surface area contributed by atoms with Crippen molar-refractivity contribution in [2.24, 2.45) is 5.92 Å². The summed E-state index contributed by atoms with van der Waals surface area (Å²) in [5, 5.41) is 3.25. The number of likely N-dealkylation sites (N-methyl/N-ethyl adjacent to an activating group) is 1. The second kappa shape index (κ2) is 5.48. The average molecular weight is 250 g/mol. The van der Waals surface area contributed by atoms with Gasteiger partial charge in [0.05, 0.1) is 6.04 Å². The molecule has 1 amide bonds. The van der Waals surface area contributed by atoms with Gasteiger partial charge < -0.3 is 10.2 Å². The van der Waals surface area contributed by atoms with Crippen LogP contribution in [0.4, 0.5) is 10.1 Å². The lowest BCUT2D eigenvalue weighted by Crippen LogP contribution is -2.49. The van der Waals surface area contributed by atoms with Crippen LogP contribution in [0.3, 0.4) is 0 Å². The molecule has 1 heterocycles. The highest BCUT2D eigenvalue weighted by molar-refractivity contribution is 5.96. The van der Waals surface area contributed by atoms with Gasteiger partial charge in [-0.15, -0.1) is 0 Å². The second-order valence-corrected chi connectivity index (χ2v) is 5.01. The molecule has 18 heavy (non-hydrogen) atoms. The Morgan fingerprint density at radius 2 is 2.06 bits per heavy atom. The van der Waals surface area contributed by atoms with Crippen molar-refractivity contribution in [3.8, 4) is 0 Å². The van der Waals surface area contributed by atoms with Crippen LogP contribution in [0.5, 0.6) is 0 Å². The number of nitrogens with one attached hydrogen (secondary N) is 1. The van der Waals surface area contributed by atoms with Gasteiger partial charge in [0.2, 0.25) is 5.91 Å². The van der Waals surface area contributed by atoms with E-state index in [4.69, 9.17) is 0 Å². The van der Waals surface area contributed by atoms with Gasteiger partial charge in [-0.2, -0.15) is 0 Å². The summed E-state index contributed by atoms with van der Waals surface area (Å²) in [7, 11) is 1.73. The van der Waals surface area contributed by atoms with Crippen LogP contribution >= 0.6 is 0 Å². The number of halogens is 1. The molecule has 1 fully saturated rings. The molecular weight excluding hydrogens is 231 g/mol. The summed E-state index contributed by atoms with van der Waals surface area (Å²) in [6, 6.07) is 5.87. The van der Waals surface area contributed by atoms with Crippen molar-refractivity contribution < 1.29 is 9.18 Å². The van der Waals surface area contributed by atoms with Crippen LogP contribution in [0.15, 0.2) is 24.3 Å². The van der Waals surface area contributed by atoms with Crippen molar-refractivity contribution in [3.05, 3.63) is 30.1 Å². The molecule has 0 radical (unpaired) electrons. The van der Waals surface area contributed by atoms with Crippen LogP contribution in [-0.2, 0) is 4.79 Å². The minimum atomic E-state index is -0.288. The zero-order chi connectivity index (χ0) is 13.1. The van der Waals surface area contributed by atoms with Crippen LogP contribution in [0.1, 0.15) is 19.8 Å². The van der Waals surface area contributed by atoms with E-state index in [9.17, 15) is 9.18 Å². The van der Waals surface area contributed by atoms with Crippen molar-refractivity contribution in [1.82, 2.24) is 5.32 Å². The Balaban J connectivity index is 2.06. The molecule has 0 aromatic heterocycles. The molecule has 0 bridgehead atoms.